The number of halogens is 2. The molecule has 6 nitrogen and oxygen atoms in total. The number of amides is 1. The minimum atomic E-state index is -0.370. The molecule has 0 aliphatic rings. The summed E-state index contributed by atoms with van der Waals surface area (Å²) < 4.78 is 17.7. The maximum absolute atomic E-state index is 12.7. The van der Waals surface area contributed by atoms with Crippen molar-refractivity contribution in [3.05, 3.63) is 88.1 Å². The Bertz CT molecular complexity index is 1490. The van der Waals surface area contributed by atoms with Crippen LogP contribution in [0.2, 0.25) is 5.02 Å². The highest BCUT2D eigenvalue weighted by Crippen LogP contribution is 2.32. The lowest BCUT2D eigenvalue weighted by Gasteiger charge is -2.03. The summed E-state index contributed by atoms with van der Waals surface area (Å²) in [6.45, 7) is 0. The minimum Gasteiger partial charge on any atom is -0.496 e. The third-order valence-electron chi connectivity index (χ3n) is 4.98. The molecular formula is C25H16BrClN2O4. The number of benzene rings is 3. The topological polar surface area (TPSA) is 77.5 Å². The number of hydrogen-bond acceptors (Lipinski definition) is 5. The van der Waals surface area contributed by atoms with Gasteiger partial charge >= 0.3 is 0 Å². The van der Waals surface area contributed by atoms with E-state index in [0.717, 1.165) is 21.3 Å². The molecule has 2 heterocycles. The van der Waals surface area contributed by atoms with Gasteiger partial charge in [0.1, 0.15) is 17.0 Å². The van der Waals surface area contributed by atoms with Gasteiger partial charge in [-0.2, -0.15) is 0 Å². The Kier molecular flexibility index (Phi) is 5.66. The molecule has 1 N–H and O–H groups in total. The van der Waals surface area contributed by atoms with Crippen molar-refractivity contribution in [2.24, 2.45) is 0 Å². The van der Waals surface area contributed by atoms with Gasteiger partial charge in [0.15, 0.2) is 11.3 Å². The highest BCUT2D eigenvalue weighted by Gasteiger charge is 2.15. The van der Waals surface area contributed by atoms with E-state index < -0.39 is 0 Å². The van der Waals surface area contributed by atoms with Crippen molar-refractivity contribution in [2.45, 2.75) is 0 Å². The van der Waals surface area contributed by atoms with E-state index >= 15 is 0 Å². The highest BCUT2D eigenvalue weighted by molar-refractivity contribution is 9.10. The number of carbonyl (C=O) groups is 1. The molecule has 0 saturated carbocycles. The second-order valence-corrected chi connectivity index (χ2v) is 8.47. The first kappa shape index (κ1) is 21.3. The molecular weight excluding hydrogens is 508 g/mol. The molecule has 0 bridgehead atoms. The number of anilines is 1. The second kappa shape index (κ2) is 8.77. The van der Waals surface area contributed by atoms with E-state index in [1.54, 1.807) is 49.6 Å². The van der Waals surface area contributed by atoms with Crippen LogP contribution in [0, 0.1) is 0 Å². The molecule has 0 radical (unpaired) electrons. The molecule has 33 heavy (non-hydrogen) atoms. The SMILES string of the molecule is COc1ccc(-c2nc3cc(NC(=O)c4ccc(-c5cccc(Cl)c5)o4)ccc3o2)cc1Br. The van der Waals surface area contributed by atoms with Gasteiger partial charge in [0.05, 0.1) is 11.6 Å². The van der Waals surface area contributed by atoms with Crippen LogP contribution in [-0.2, 0) is 0 Å². The first-order valence-electron chi connectivity index (χ1n) is 9.92. The molecule has 1 amide bonds. The number of furan rings is 1. The molecule has 0 aliphatic carbocycles. The van der Waals surface area contributed by atoms with Gasteiger partial charge in [-0.1, -0.05) is 23.7 Å². The first-order valence-corrected chi connectivity index (χ1v) is 11.1. The Morgan fingerprint density at radius 2 is 1.88 bits per heavy atom. The third kappa shape index (κ3) is 4.37. The van der Waals surface area contributed by atoms with Gasteiger partial charge in [-0.25, -0.2) is 4.98 Å². The van der Waals surface area contributed by atoms with E-state index in [-0.39, 0.29) is 11.7 Å². The summed E-state index contributed by atoms with van der Waals surface area (Å²) in [6, 6.07) is 21.4. The van der Waals surface area contributed by atoms with Crippen LogP contribution in [0.5, 0.6) is 5.75 Å². The van der Waals surface area contributed by atoms with Crippen molar-refractivity contribution < 1.29 is 18.4 Å². The Hall–Kier alpha value is -3.55. The zero-order valence-electron chi connectivity index (χ0n) is 17.3. The van der Waals surface area contributed by atoms with Crippen molar-refractivity contribution >= 4 is 50.2 Å². The molecule has 0 saturated heterocycles. The number of fused-ring (bicyclic) bond motifs is 1. The van der Waals surface area contributed by atoms with Crippen LogP contribution in [0.1, 0.15) is 10.6 Å². The fraction of sp³-hybridized carbons (Fsp3) is 0.0400. The molecule has 0 spiro atoms. The van der Waals surface area contributed by atoms with E-state index in [2.05, 4.69) is 26.2 Å². The lowest BCUT2D eigenvalue weighted by atomic mass is 10.2. The van der Waals surface area contributed by atoms with Crippen molar-refractivity contribution in [3.63, 3.8) is 0 Å². The van der Waals surface area contributed by atoms with Crippen molar-refractivity contribution in [1.29, 1.82) is 0 Å². The number of nitrogens with zero attached hydrogens (tertiary/aromatic N) is 1. The second-order valence-electron chi connectivity index (χ2n) is 7.18. The summed E-state index contributed by atoms with van der Waals surface area (Å²) in [6.07, 6.45) is 0. The standard InChI is InChI=1S/C25H16BrClN2O4/c1-31-21-7-5-15(12-18(21)26)25-29-19-13-17(6-8-22(19)33-25)28-24(30)23-10-9-20(32-23)14-3-2-4-16(27)11-14/h2-13H,1H3,(H,28,30). The van der Waals surface area contributed by atoms with Gasteiger partial charge in [-0.3, -0.25) is 4.79 Å². The Morgan fingerprint density at radius 3 is 2.67 bits per heavy atom. The average molecular weight is 524 g/mol. The number of nitrogens with one attached hydrogen (secondary N) is 1. The van der Waals surface area contributed by atoms with E-state index in [4.69, 9.17) is 25.2 Å². The molecule has 5 aromatic rings. The largest absolute Gasteiger partial charge is 0.496 e. The van der Waals surface area contributed by atoms with Crippen LogP contribution < -0.4 is 10.1 Å². The lowest BCUT2D eigenvalue weighted by Crippen LogP contribution is -2.10. The Balaban J connectivity index is 1.36. The number of oxazole rings is 1. The molecule has 8 heteroatoms. The summed E-state index contributed by atoms with van der Waals surface area (Å²) in [5, 5.41) is 3.43. The smallest absolute Gasteiger partial charge is 0.291 e. The van der Waals surface area contributed by atoms with Crippen LogP contribution in [-0.4, -0.2) is 18.0 Å². The van der Waals surface area contributed by atoms with E-state index in [1.165, 1.54) is 0 Å². The van der Waals surface area contributed by atoms with Crippen LogP contribution in [0.15, 0.2) is 86.1 Å². The van der Waals surface area contributed by atoms with Gasteiger partial charge in [-0.15, -0.1) is 0 Å². The van der Waals surface area contributed by atoms with Gasteiger partial charge < -0.3 is 18.9 Å². The maximum atomic E-state index is 12.7. The summed E-state index contributed by atoms with van der Waals surface area (Å²) in [7, 11) is 1.61. The number of carbonyl (C=O) groups excluding carboxylic acids is 1. The lowest BCUT2D eigenvalue weighted by molar-refractivity contribution is 0.0997. The van der Waals surface area contributed by atoms with Crippen LogP contribution in [0.4, 0.5) is 5.69 Å². The highest BCUT2D eigenvalue weighted by atomic mass is 79.9. The summed E-state index contributed by atoms with van der Waals surface area (Å²) >= 11 is 9.51. The third-order valence-corrected chi connectivity index (χ3v) is 5.84. The Morgan fingerprint density at radius 1 is 1.00 bits per heavy atom. The quantitative estimate of drug-likeness (QED) is 0.259. The predicted molar refractivity (Wildman–Crippen MR) is 131 cm³/mol. The zero-order chi connectivity index (χ0) is 22.9. The summed E-state index contributed by atoms with van der Waals surface area (Å²) in [4.78, 5) is 17.3. The van der Waals surface area contributed by atoms with Crippen LogP contribution >= 0.6 is 27.5 Å². The predicted octanol–water partition coefficient (Wildman–Crippen LogP) is 7.43. The van der Waals surface area contributed by atoms with E-state index in [0.29, 0.717) is 33.5 Å². The van der Waals surface area contributed by atoms with Crippen molar-refractivity contribution in [2.75, 3.05) is 12.4 Å². The normalized spacial score (nSPS) is 11.0. The number of ether oxygens (including phenoxy) is 1. The fourth-order valence-corrected chi connectivity index (χ4v) is 4.11. The minimum absolute atomic E-state index is 0.189. The van der Waals surface area contributed by atoms with Gasteiger partial charge in [0.2, 0.25) is 5.89 Å². The molecule has 3 aromatic carbocycles. The van der Waals surface area contributed by atoms with E-state index in [9.17, 15) is 4.79 Å². The van der Waals surface area contributed by atoms with Crippen LogP contribution in [0.25, 0.3) is 33.9 Å². The molecule has 164 valence electrons. The zero-order valence-corrected chi connectivity index (χ0v) is 19.6. The molecule has 2 aromatic heterocycles. The number of hydrogen-bond donors (Lipinski definition) is 1. The van der Waals surface area contributed by atoms with Gasteiger partial charge in [-0.05, 0) is 76.6 Å². The fourth-order valence-electron chi connectivity index (χ4n) is 3.38. The van der Waals surface area contributed by atoms with Gasteiger partial charge in [0.25, 0.3) is 5.91 Å². The van der Waals surface area contributed by atoms with Crippen molar-refractivity contribution in [3.8, 4) is 28.5 Å². The van der Waals surface area contributed by atoms with Crippen LogP contribution in [0.3, 0.4) is 0 Å². The average Bonchev–Trinajstić information content (AvgIpc) is 3.46. The molecule has 0 unspecified atom stereocenters. The number of methoxy groups -OCH3 is 1. The first-order chi connectivity index (χ1) is 16.0. The summed E-state index contributed by atoms with van der Waals surface area (Å²) in [5.41, 5.74) is 3.39. The molecule has 0 aliphatic heterocycles. The number of rotatable bonds is 5. The number of aromatic nitrogens is 1. The Labute approximate surface area is 202 Å². The monoisotopic (exact) mass is 522 g/mol. The summed E-state index contributed by atoms with van der Waals surface area (Å²) in [5.74, 6) is 1.56. The van der Waals surface area contributed by atoms with E-state index in [1.807, 2.05) is 30.3 Å². The van der Waals surface area contributed by atoms with Crippen molar-refractivity contribution in [1.82, 2.24) is 4.98 Å². The molecule has 0 atom stereocenters. The van der Waals surface area contributed by atoms with Gasteiger partial charge in [0, 0.05) is 21.8 Å². The molecule has 0 fully saturated rings. The molecule has 5 rings (SSSR count). The maximum Gasteiger partial charge on any atom is 0.291 e.